The molecule has 0 radical (unpaired) electrons. The molecule has 2 atom stereocenters. The number of hydrogen-bond donors (Lipinski definition) is 1. The largest absolute Gasteiger partial charge is 0.461 e. The first-order valence-corrected chi connectivity index (χ1v) is 14.9. The van der Waals surface area contributed by atoms with Gasteiger partial charge in [-0.25, -0.2) is 13.2 Å². The molecular formula is C29H29F3N6O2S. The maximum atomic E-state index is 16.9. The monoisotopic (exact) mass is 582 g/mol. The molecule has 0 aliphatic carbocycles. The Hall–Kier alpha value is -3.22. The molecule has 8 nitrogen and oxygen atoms in total. The van der Waals surface area contributed by atoms with Crippen molar-refractivity contribution in [1.29, 1.82) is 0 Å². The molecule has 4 aliphatic rings. The van der Waals surface area contributed by atoms with E-state index in [1.54, 1.807) is 6.92 Å². The third kappa shape index (κ3) is 3.69. The number of aromatic nitrogens is 3. The molecule has 4 aromatic rings. The fourth-order valence-electron chi connectivity index (χ4n) is 7.13. The summed E-state index contributed by atoms with van der Waals surface area (Å²) in [6.45, 7) is 5.34. The number of thiophene rings is 1. The number of nitrogens with two attached hydrogens (primary N) is 1. The van der Waals surface area contributed by atoms with E-state index in [1.807, 2.05) is 0 Å². The summed E-state index contributed by atoms with van der Waals surface area (Å²) in [5.74, 6) is -0.455. The van der Waals surface area contributed by atoms with Gasteiger partial charge in [0.25, 0.3) is 0 Å². The molecule has 12 heteroatoms. The van der Waals surface area contributed by atoms with Crippen molar-refractivity contribution in [2.24, 2.45) is 0 Å². The van der Waals surface area contributed by atoms with E-state index in [0.717, 1.165) is 62.0 Å². The molecule has 0 saturated carbocycles. The molecule has 8 rings (SSSR count). The van der Waals surface area contributed by atoms with Crippen LogP contribution in [0.2, 0.25) is 0 Å². The van der Waals surface area contributed by atoms with Crippen LogP contribution in [0.4, 0.5) is 24.0 Å². The second-order valence-electron chi connectivity index (χ2n) is 11.6. The fourth-order valence-corrected chi connectivity index (χ4v) is 8.10. The molecule has 3 fully saturated rings. The minimum atomic E-state index is -0.884. The highest BCUT2D eigenvalue weighted by Crippen LogP contribution is 2.47. The summed E-state index contributed by atoms with van der Waals surface area (Å²) in [6, 6.07) is 0.0693. The number of fused-ring (bicyclic) bond motifs is 5. The van der Waals surface area contributed by atoms with Gasteiger partial charge in [-0.05, 0) is 49.4 Å². The van der Waals surface area contributed by atoms with Gasteiger partial charge in [-0.1, -0.05) is 0 Å². The van der Waals surface area contributed by atoms with E-state index in [9.17, 15) is 8.78 Å². The Morgan fingerprint density at radius 2 is 1.98 bits per heavy atom. The Morgan fingerprint density at radius 3 is 2.78 bits per heavy atom. The smallest absolute Gasteiger partial charge is 0.319 e. The summed E-state index contributed by atoms with van der Waals surface area (Å²) < 4.78 is 58.4. The van der Waals surface area contributed by atoms with Gasteiger partial charge >= 0.3 is 6.01 Å². The lowest BCUT2D eigenvalue weighted by Crippen LogP contribution is -2.43. The Kier molecular flexibility index (Phi) is 5.68. The van der Waals surface area contributed by atoms with Crippen LogP contribution in [0.25, 0.3) is 32.2 Å². The number of nitrogen functional groups attached to an aromatic ring is 1. The molecule has 0 bridgehead atoms. The van der Waals surface area contributed by atoms with Crippen LogP contribution < -0.4 is 15.4 Å². The van der Waals surface area contributed by atoms with Gasteiger partial charge in [0.2, 0.25) is 0 Å². The first-order valence-electron chi connectivity index (χ1n) is 14.1. The molecular weight excluding hydrogens is 553 g/mol. The number of nitrogens with zero attached hydrogens (tertiary/aromatic N) is 5. The van der Waals surface area contributed by atoms with Crippen molar-refractivity contribution < 1.29 is 22.6 Å². The highest BCUT2D eigenvalue weighted by atomic mass is 32.1. The summed E-state index contributed by atoms with van der Waals surface area (Å²) in [5, 5.41) is 1.56. The number of aryl methyl sites for hydroxylation is 1. The van der Waals surface area contributed by atoms with Crippen molar-refractivity contribution in [3.63, 3.8) is 0 Å². The van der Waals surface area contributed by atoms with E-state index in [4.69, 9.17) is 20.2 Å². The molecule has 0 amide bonds. The van der Waals surface area contributed by atoms with Crippen molar-refractivity contribution in [3.05, 3.63) is 34.5 Å². The summed E-state index contributed by atoms with van der Waals surface area (Å²) in [7, 11) is 0. The van der Waals surface area contributed by atoms with Crippen LogP contribution in [0.3, 0.4) is 0 Å². The molecule has 0 spiro atoms. The minimum absolute atomic E-state index is 0.0693. The van der Waals surface area contributed by atoms with Gasteiger partial charge < -0.3 is 20.1 Å². The zero-order valence-corrected chi connectivity index (χ0v) is 23.4. The molecule has 7 heterocycles. The number of hydrogen-bond acceptors (Lipinski definition) is 9. The third-order valence-corrected chi connectivity index (χ3v) is 10.5. The number of ether oxygens (including phenoxy) is 2. The summed E-state index contributed by atoms with van der Waals surface area (Å²) in [4.78, 5) is 18.1. The van der Waals surface area contributed by atoms with Gasteiger partial charge in [0.1, 0.15) is 24.1 Å². The molecule has 1 aromatic carbocycles. The second kappa shape index (κ2) is 9.14. The van der Waals surface area contributed by atoms with Crippen LogP contribution in [0.5, 0.6) is 6.01 Å². The lowest BCUT2D eigenvalue weighted by Gasteiger charge is -2.34. The highest BCUT2D eigenvalue weighted by Gasteiger charge is 2.49. The Morgan fingerprint density at radius 1 is 1.15 bits per heavy atom. The van der Waals surface area contributed by atoms with Gasteiger partial charge in [0.05, 0.1) is 45.7 Å². The van der Waals surface area contributed by atoms with E-state index in [1.165, 1.54) is 0 Å². The van der Waals surface area contributed by atoms with Crippen LogP contribution in [0.1, 0.15) is 42.4 Å². The Bertz CT molecular complexity index is 1740. The average molecular weight is 583 g/mol. The van der Waals surface area contributed by atoms with E-state index < -0.39 is 17.8 Å². The zero-order valence-electron chi connectivity index (χ0n) is 22.6. The molecule has 0 unspecified atom stereocenters. The van der Waals surface area contributed by atoms with Gasteiger partial charge in [0, 0.05) is 37.0 Å². The lowest BCUT2D eigenvalue weighted by atomic mass is 9.93. The molecule has 3 saturated heterocycles. The summed E-state index contributed by atoms with van der Waals surface area (Å²) in [6.07, 6.45) is 3.49. The SMILES string of the molecule is Cc1c(N)sc2c(F)cnc(-c3c4c(c5c(N6CCC6)nc(OC[C@@]67CCCN6C[C@H](F)C7)nc5c3F)COC4)c12. The normalized spacial score (nSPS) is 23.9. The number of anilines is 2. The maximum Gasteiger partial charge on any atom is 0.319 e. The van der Waals surface area contributed by atoms with Gasteiger partial charge in [-0.3, -0.25) is 9.88 Å². The minimum Gasteiger partial charge on any atom is -0.461 e. The second-order valence-corrected chi connectivity index (χ2v) is 12.7. The van der Waals surface area contributed by atoms with Crippen LogP contribution in [0, 0.1) is 18.6 Å². The molecule has 3 aromatic heterocycles. The van der Waals surface area contributed by atoms with Crippen LogP contribution in [-0.4, -0.2) is 64.3 Å². The van der Waals surface area contributed by atoms with Gasteiger partial charge in [-0.15, -0.1) is 11.3 Å². The number of alkyl halides is 1. The predicted molar refractivity (Wildman–Crippen MR) is 151 cm³/mol. The summed E-state index contributed by atoms with van der Waals surface area (Å²) in [5.41, 5.74) is 8.60. The number of halogens is 3. The molecule has 2 N–H and O–H groups in total. The van der Waals surface area contributed by atoms with Crippen molar-refractivity contribution in [3.8, 4) is 17.3 Å². The third-order valence-electron chi connectivity index (χ3n) is 9.33. The zero-order chi connectivity index (χ0) is 28.0. The molecule has 4 aliphatic heterocycles. The van der Waals surface area contributed by atoms with E-state index >= 15 is 4.39 Å². The van der Waals surface area contributed by atoms with Crippen LogP contribution in [0.15, 0.2) is 6.20 Å². The Balaban J connectivity index is 1.32. The predicted octanol–water partition coefficient (Wildman–Crippen LogP) is 5.27. The van der Waals surface area contributed by atoms with Gasteiger partial charge in [0.15, 0.2) is 11.6 Å². The van der Waals surface area contributed by atoms with Crippen molar-refractivity contribution in [1.82, 2.24) is 19.9 Å². The number of benzene rings is 1. The number of rotatable bonds is 5. The first kappa shape index (κ1) is 25.5. The van der Waals surface area contributed by atoms with Crippen molar-refractivity contribution in [2.75, 3.05) is 43.4 Å². The van der Waals surface area contributed by atoms with Crippen LogP contribution >= 0.6 is 11.3 Å². The van der Waals surface area contributed by atoms with Crippen LogP contribution in [-0.2, 0) is 18.0 Å². The van der Waals surface area contributed by atoms with E-state index in [-0.39, 0.29) is 42.5 Å². The topological polar surface area (TPSA) is 89.6 Å². The highest BCUT2D eigenvalue weighted by molar-refractivity contribution is 7.23. The van der Waals surface area contributed by atoms with E-state index in [0.29, 0.717) is 56.1 Å². The number of pyridine rings is 1. The van der Waals surface area contributed by atoms with E-state index in [2.05, 4.69) is 19.8 Å². The first-order chi connectivity index (χ1) is 19.8. The van der Waals surface area contributed by atoms with Crippen molar-refractivity contribution >= 4 is 43.1 Å². The summed E-state index contributed by atoms with van der Waals surface area (Å²) >= 11 is 1.13. The van der Waals surface area contributed by atoms with Crippen molar-refractivity contribution in [2.45, 2.75) is 57.5 Å². The molecule has 41 heavy (non-hydrogen) atoms. The van der Waals surface area contributed by atoms with Gasteiger partial charge in [-0.2, -0.15) is 9.97 Å². The molecule has 214 valence electrons. The quantitative estimate of drug-likeness (QED) is 0.341. The Labute approximate surface area is 238 Å². The maximum absolute atomic E-state index is 16.9. The standard InChI is InChI=1S/C29H29F3N6O2S/c1-14-19-23(34-9-18(31)25(19)41-26(14)33)20-16-11-39-12-17(16)21-24(22(20)32)35-28(36-27(21)37-5-3-6-37)40-13-29-4-2-7-38(29)10-15(30)8-29/h9,15H,2-8,10-13,33H2,1H3/t15-,29+/m1/s1. The lowest BCUT2D eigenvalue weighted by molar-refractivity contribution is 0.107. The fraction of sp³-hybridized carbons (Fsp3) is 0.483. The average Bonchev–Trinajstić information content (AvgIpc) is 3.67.